The molecule has 1 aromatic rings. The molecule has 1 unspecified atom stereocenters. The number of alkyl carbamates (subject to hydrolysis) is 1. The molecule has 7 heteroatoms. The quantitative estimate of drug-likeness (QED) is 0.820. The predicted octanol–water partition coefficient (Wildman–Crippen LogP) is 2.23. The molecule has 0 saturated carbocycles. The van der Waals surface area contributed by atoms with Gasteiger partial charge in [-0.1, -0.05) is 0 Å². The van der Waals surface area contributed by atoms with Gasteiger partial charge in [-0.05, 0) is 42.8 Å². The molecule has 0 bridgehead atoms. The summed E-state index contributed by atoms with van der Waals surface area (Å²) in [6.45, 7) is 5.30. The van der Waals surface area contributed by atoms with Gasteiger partial charge in [0.15, 0.2) is 0 Å². The molecule has 0 saturated heterocycles. The van der Waals surface area contributed by atoms with Crippen LogP contribution in [0, 0.1) is 0 Å². The molecule has 0 radical (unpaired) electrons. The van der Waals surface area contributed by atoms with E-state index in [1.165, 1.54) is 0 Å². The van der Waals surface area contributed by atoms with Crippen molar-refractivity contribution >= 4 is 33.6 Å². The van der Waals surface area contributed by atoms with Crippen LogP contribution in [-0.2, 0) is 16.0 Å². The molecule has 0 aliphatic carbocycles. The number of carbonyl (C=O) groups is 2. The number of pyridine rings is 1. The normalized spacial score (nSPS) is 18.0. The van der Waals surface area contributed by atoms with Crippen LogP contribution in [0.2, 0.25) is 0 Å². The van der Waals surface area contributed by atoms with E-state index >= 15 is 0 Å². The fourth-order valence-corrected chi connectivity index (χ4v) is 2.14. The van der Waals surface area contributed by atoms with Crippen LogP contribution in [0.15, 0.2) is 16.7 Å². The molecule has 108 valence electrons. The van der Waals surface area contributed by atoms with Crippen LogP contribution < -0.4 is 10.6 Å². The number of aromatic nitrogens is 1. The SMILES string of the molecule is CC(C)(C)OC(=O)NC1Cc2ncc(Br)cc2NC1=O. The average Bonchev–Trinajstić information content (AvgIpc) is 2.28. The molecular weight excluding hydrogens is 326 g/mol. The molecule has 0 aromatic carbocycles. The van der Waals surface area contributed by atoms with Crippen LogP contribution in [-0.4, -0.2) is 28.6 Å². The molecule has 20 heavy (non-hydrogen) atoms. The molecule has 2 heterocycles. The monoisotopic (exact) mass is 341 g/mol. The zero-order valence-corrected chi connectivity index (χ0v) is 13.1. The molecule has 6 nitrogen and oxygen atoms in total. The first-order valence-corrected chi connectivity index (χ1v) is 6.99. The molecule has 1 aliphatic rings. The number of anilines is 1. The third-order valence-electron chi connectivity index (χ3n) is 2.60. The molecular formula is C13H16BrN3O3. The number of hydrogen-bond acceptors (Lipinski definition) is 4. The standard InChI is InChI=1S/C13H16BrN3O3/c1-13(2,3)20-12(19)17-10-5-8-9(16-11(10)18)4-7(14)6-15-8/h4,6,10H,5H2,1-3H3,(H,16,18)(H,17,19). The maximum atomic E-state index is 11.9. The van der Waals surface area contributed by atoms with E-state index in [0.29, 0.717) is 12.1 Å². The predicted molar refractivity (Wildman–Crippen MR) is 77.4 cm³/mol. The Kier molecular flexibility index (Phi) is 3.99. The molecule has 2 amide bonds. The maximum absolute atomic E-state index is 11.9. The highest BCUT2D eigenvalue weighted by atomic mass is 79.9. The third kappa shape index (κ3) is 3.69. The summed E-state index contributed by atoms with van der Waals surface area (Å²) in [6.07, 6.45) is 1.38. The van der Waals surface area contributed by atoms with Crippen molar-refractivity contribution in [2.75, 3.05) is 5.32 Å². The van der Waals surface area contributed by atoms with Crippen LogP contribution in [0.25, 0.3) is 0 Å². The van der Waals surface area contributed by atoms with Gasteiger partial charge in [0.1, 0.15) is 11.6 Å². The Labute approximate surface area is 125 Å². The Morgan fingerprint density at radius 3 is 2.90 bits per heavy atom. The van der Waals surface area contributed by atoms with E-state index in [0.717, 1.165) is 10.2 Å². The minimum atomic E-state index is -0.675. The van der Waals surface area contributed by atoms with Gasteiger partial charge in [0.2, 0.25) is 5.91 Å². The second-order valence-corrected chi connectivity index (χ2v) is 6.46. The molecule has 1 aliphatic heterocycles. The van der Waals surface area contributed by atoms with E-state index in [1.807, 2.05) is 0 Å². The van der Waals surface area contributed by atoms with Crippen molar-refractivity contribution in [3.8, 4) is 0 Å². The van der Waals surface area contributed by atoms with Crippen LogP contribution in [0.4, 0.5) is 10.5 Å². The molecule has 1 atom stereocenters. The molecule has 2 N–H and O–H groups in total. The largest absolute Gasteiger partial charge is 0.444 e. The van der Waals surface area contributed by atoms with E-state index in [9.17, 15) is 9.59 Å². The second kappa shape index (κ2) is 5.40. The van der Waals surface area contributed by atoms with Crippen molar-refractivity contribution < 1.29 is 14.3 Å². The molecule has 0 spiro atoms. The highest BCUT2D eigenvalue weighted by molar-refractivity contribution is 9.10. The van der Waals surface area contributed by atoms with E-state index in [-0.39, 0.29) is 5.91 Å². The fraction of sp³-hybridized carbons (Fsp3) is 0.462. The van der Waals surface area contributed by atoms with Gasteiger partial charge in [0.05, 0.1) is 11.4 Å². The Hall–Kier alpha value is -1.63. The lowest BCUT2D eigenvalue weighted by Crippen LogP contribution is -2.49. The zero-order chi connectivity index (χ0) is 14.9. The smallest absolute Gasteiger partial charge is 0.408 e. The van der Waals surface area contributed by atoms with Crippen molar-refractivity contribution in [1.29, 1.82) is 0 Å². The van der Waals surface area contributed by atoms with Gasteiger partial charge in [-0.2, -0.15) is 0 Å². The lowest BCUT2D eigenvalue weighted by Gasteiger charge is -2.26. The van der Waals surface area contributed by atoms with Crippen LogP contribution >= 0.6 is 15.9 Å². The Balaban J connectivity index is 2.06. The fourth-order valence-electron chi connectivity index (χ4n) is 1.81. The molecule has 1 aromatic heterocycles. The Morgan fingerprint density at radius 2 is 2.25 bits per heavy atom. The summed E-state index contributed by atoms with van der Waals surface area (Å²) in [5.74, 6) is -0.275. The van der Waals surface area contributed by atoms with Crippen molar-refractivity contribution in [3.63, 3.8) is 0 Å². The van der Waals surface area contributed by atoms with Gasteiger partial charge < -0.3 is 15.4 Å². The number of rotatable bonds is 1. The number of hydrogen-bond donors (Lipinski definition) is 2. The van der Waals surface area contributed by atoms with Gasteiger partial charge in [0.25, 0.3) is 0 Å². The summed E-state index contributed by atoms with van der Waals surface area (Å²) in [5, 5.41) is 5.27. The van der Waals surface area contributed by atoms with Crippen molar-refractivity contribution in [3.05, 3.63) is 22.4 Å². The van der Waals surface area contributed by atoms with Crippen molar-refractivity contribution in [1.82, 2.24) is 10.3 Å². The Bertz CT molecular complexity index is 554. The van der Waals surface area contributed by atoms with Crippen molar-refractivity contribution in [2.24, 2.45) is 0 Å². The topological polar surface area (TPSA) is 80.3 Å². The first-order valence-electron chi connectivity index (χ1n) is 6.19. The number of carbonyl (C=O) groups excluding carboxylic acids is 2. The van der Waals surface area contributed by atoms with E-state index in [4.69, 9.17) is 4.74 Å². The van der Waals surface area contributed by atoms with E-state index in [2.05, 4.69) is 31.5 Å². The lowest BCUT2D eigenvalue weighted by molar-refractivity contribution is -0.118. The first-order chi connectivity index (χ1) is 9.24. The maximum Gasteiger partial charge on any atom is 0.408 e. The number of amides is 2. The molecule has 2 rings (SSSR count). The minimum Gasteiger partial charge on any atom is -0.444 e. The minimum absolute atomic E-state index is 0.275. The summed E-state index contributed by atoms with van der Waals surface area (Å²) >= 11 is 3.30. The second-order valence-electron chi connectivity index (χ2n) is 5.54. The Morgan fingerprint density at radius 1 is 1.55 bits per heavy atom. The highest BCUT2D eigenvalue weighted by Crippen LogP contribution is 2.24. The van der Waals surface area contributed by atoms with E-state index in [1.54, 1.807) is 33.0 Å². The summed E-state index contributed by atoms with van der Waals surface area (Å²) in [7, 11) is 0. The summed E-state index contributed by atoms with van der Waals surface area (Å²) in [6, 6.07) is 1.11. The number of fused-ring (bicyclic) bond motifs is 1. The van der Waals surface area contributed by atoms with Gasteiger partial charge >= 0.3 is 6.09 Å². The van der Waals surface area contributed by atoms with Gasteiger partial charge in [-0.3, -0.25) is 9.78 Å². The zero-order valence-electron chi connectivity index (χ0n) is 11.5. The summed E-state index contributed by atoms with van der Waals surface area (Å²) in [4.78, 5) is 27.9. The lowest BCUT2D eigenvalue weighted by atomic mass is 10.0. The van der Waals surface area contributed by atoms with Crippen LogP contribution in [0.3, 0.4) is 0 Å². The van der Waals surface area contributed by atoms with E-state index < -0.39 is 17.7 Å². The molecule has 0 fully saturated rings. The summed E-state index contributed by atoms with van der Waals surface area (Å²) < 4.78 is 5.93. The number of halogens is 1. The third-order valence-corrected chi connectivity index (χ3v) is 3.03. The van der Waals surface area contributed by atoms with Crippen LogP contribution in [0.5, 0.6) is 0 Å². The number of ether oxygens (including phenoxy) is 1. The number of nitrogens with zero attached hydrogens (tertiary/aromatic N) is 1. The average molecular weight is 342 g/mol. The number of nitrogens with one attached hydrogen (secondary N) is 2. The van der Waals surface area contributed by atoms with Gasteiger partial charge in [-0.15, -0.1) is 0 Å². The van der Waals surface area contributed by atoms with Crippen LogP contribution in [0.1, 0.15) is 26.5 Å². The van der Waals surface area contributed by atoms with Gasteiger partial charge in [0, 0.05) is 17.1 Å². The van der Waals surface area contributed by atoms with Crippen molar-refractivity contribution in [2.45, 2.75) is 38.8 Å². The highest BCUT2D eigenvalue weighted by Gasteiger charge is 2.30. The summed E-state index contributed by atoms with van der Waals surface area (Å²) in [5.41, 5.74) is 0.788. The van der Waals surface area contributed by atoms with Gasteiger partial charge in [-0.25, -0.2) is 4.79 Å². The first kappa shape index (κ1) is 14.8.